The second-order valence-electron chi connectivity index (χ2n) is 9.84. The van der Waals surface area contributed by atoms with Gasteiger partial charge in [0.15, 0.2) is 23.0 Å². The minimum absolute atomic E-state index is 0.0457. The second-order valence-corrected chi connectivity index (χ2v) is 9.84. The molecule has 0 N–H and O–H groups in total. The van der Waals surface area contributed by atoms with E-state index in [0.29, 0.717) is 45.4 Å². The molecule has 10 nitrogen and oxygen atoms in total. The highest BCUT2D eigenvalue weighted by Crippen LogP contribution is 2.37. The number of nitriles is 1. The van der Waals surface area contributed by atoms with Crippen molar-refractivity contribution >= 4 is 17.9 Å². The Kier molecular flexibility index (Phi) is 7.14. The van der Waals surface area contributed by atoms with Crippen LogP contribution in [0.15, 0.2) is 89.6 Å². The van der Waals surface area contributed by atoms with E-state index in [2.05, 4.69) is 0 Å². The van der Waals surface area contributed by atoms with Crippen molar-refractivity contribution in [1.82, 2.24) is 14.7 Å². The van der Waals surface area contributed by atoms with Crippen molar-refractivity contribution in [3.05, 3.63) is 101 Å². The monoisotopic (exact) mass is 574 g/mol. The molecule has 6 rings (SSSR count). The van der Waals surface area contributed by atoms with E-state index in [0.717, 1.165) is 16.2 Å². The van der Waals surface area contributed by atoms with Crippen LogP contribution in [0.2, 0.25) is 0 Å². The van der Waals surface area contributed by atoms with Crippen molar-refractivity contribution < 1.29 is 28.5 Å². The summed E-state index contributed by atoms with van der Waals surface area (Å²) in [4.78, 5) is 28.3. The van der Waals surface area contributed by atoms with Crippen LogP contribution in [0.1, 0.15) is 18.1 Å². The number of carbonyl (C=O) groups is 2. The summed E-state index contributed by atoms with van der Waals surface area (Å²) < 4.78 is 23.5. The van der Waals surface area contributed by atoms with Gasteiger partial charge in [-0.25, -0.2) is 4.68 Å². The van der Waals surface area contributed by atoms with Crippen molar-refractivity contribution in [3.8, 4) is 46.0 Å². The van der Waals surface area contributed by atoms with E-state index >= 15 is 0 Å². The van der Waals surface area contributed by atoms with Gasteiger partial charge in [0.05, 0.1) is 26.5 Å². The zero-order chi connectivity index (χ0) is 30.1. The number of nitrogens with zero attached hydrogens (tertiary/aromatic N) is 4. The normalized spacial score (nSPS) is 15.2. The quantitative estimate of drug-likeness (QED) is 0.222. The number of hydrogen-bond donors (Lipinski definition) is 0. The fourth-order valence-corrected chi connectivity index (χ4v) is 5.06. The van der Waals surface area contributed by atoms with E-state index in [1.54, 1.807) is 68.4 Å². The Morgan fingerprint density at radius 1 is 0.953 bits per heavy atom. The number of fused-ring (bicyclic) bond motifs is 1. The summed E-state index contributed by atoms with van der Waals surface area (Å²) in [5.41, 5.74) is 3.77. The molecule has 0 saturated heterocycles. The maximum absolute atomic E-state index is 13.9. The zero-order valence-corrected chi connectivity index (χ0v) is 23.7. The fourth-order valence-electron chi connectivity index (χ4n) is 5.06. The number of methoxy groups -OCH3 is 2. The van der Waals surface area contributed by atoms with Crippen molar-refractivity contribution in [3.63, 3.8) is 0 Å². The van der Waals surface area contributed by atoms with E-state index in [1.807, 2.05) is 42.5 Å². The van der Waals surface area contributed by atoms with E-state index in [-0.39, 0.29) is 24.5 Å². The third kappa shape index (κ3) is 4.97. The first-order valence-corrected chi connectivity index (χ1v) is 13.4. The van der Waals surface area contributed by atoms with Gasteiger partial charge in [0.25, 0.3) is 11.8 Å². The van der Waals surface area contributed by atoms with Crippen LogP contribution in [0.25, 0.3) is 23.0 Å². The SMILES string of the molecule is COc1ccc(-c2nn(-c3ccccc3)cc2/C=C2/C(=O)N(Cc3ccc4c(c3)OCO4)C(=O)C(C#N)=C2C)cc1OC. The lowest BCUT2D eigenvalue weighted by atomic mass is 9.93. The third-order valence-electron chi connectivity index (χ3n) is 7.32. The molecule has 0 fully saturated rings. The van der Waals surface area contributed by atoms with Gasteiger partial charge in [-0.05, 0) is 66.6 Å². The van der Waals surface area contributed by atoms with E-state index in [1.165, 1.54) is 0 Å². The molecule has 43 heavy (non-hydrogen) atoms. The highest BCUT2D eigenvalue weighted by molar-refractivity contribution is 6.19. The summed E-state index contributed by atoms with van der Waals surface area (Å²) in [5.74, 6) is 1.03. The molecule has 2 aliphatic heterocycles. The van der Waals surface area contributed by atoms with E-state index < -0.39 is 11.8 Å². The Morgan fingerprint density at radius 3 is 2.47 bits per heavy atom. The summed E-state index contributed by atoms with van der Waals surface area (Å²) in [7, 11) is 3.11. The van der Waals surface area contributed by atoms with Crippen LogP contribution in [0.3, 0.4) is 0 Å². The van der Waals surface area contributed by atoms with Crippen LogP contribution in [0.4, 0.5) is 0 Å². The highest BCUT2D eigenvalue weighted by Gasteiger charge is 2.36. The smallest absolute Gasteiger partial charge is 0.271 e. The first-order valence-electron chi connectivity index (χ1n) is 13.4. The largest absolute Gasteiger partial charge is 0.493 e. The van der Waals surface area contributed by atoms with Gasteiger partial charge in [0.1, 0.15) is 17.3 Å². The summed E-state index contributed by atoms with van der Waals surface area (Å²) >= 11 is 0. The van der Waals surface area contributed by atoms with Gasteiger partial charge in [-0.3, -0.25) is 14.5 Å². The standard InChI is InChI=1S/C33H26N4O6/c1-20-25(32(38)36(33(39)26(20)16-34)17-21-9-11-28-30(13-21)43-19-42-28)14-23-18-37(24-7-5-4-6-8-24)35-31(23)22-10-12-27(40-2)29(15-22)41-3/h4-15,18H,17,19H2,1-3H3/b25-14+. The topological polar surface area (TPSA) is 116 Å². The van der Waals surface area contributed by atoms with Gasteiger partial charge < -0.3 is 18.9 Å². The molecule has 1 aromatic heterocycles. The lowest BCUT2D eigenvalue weighted by Gasteiger charge is -2.27. The molecule has 0 aliphatic carbocycles. The van der Waals surface area contributed by atoms with Crippen molar-refractivity contribution in [2.75, 3.05) is 21.0 Å². The number of rotatable bonds is 7. The van der Waals surface area contributed by atoms with Gasteiger partial charge in [0, 0.05) is 22.9 Å². The molecule has 0 radical (unpaired) electrons. The predicted molar refractivity (Wildman–Crippen MR) is 157 cm³/mol. The minimum atomic E-state index is -0.653. The number of ether oxygens (including phenoxy) is 4. The maximum Gasteiger partial charge on any atom is 0.271 e. The molecule has 0 unspecified atom stereocenters. The zero-order valence-electron chi connectivity index (χ0n) is 23.7. The molecule has 0 bridgehead atoms. The summed E-state index contributed by atoms with van der Waals surface area (Å²) in [6.07, 6.45) is 3.48. The van der Waals surface area contributed by atoms with Crippen LogP contribution in [0, 0.1) is 11.3 Å². The number of carbonyl (C=O) groups excluding carboxylic acids is 2. The molecule has 0 spiro atoms. The molecule has 2 amide bonds. The minimum Gasteiger partial charge on any atom is -0.493 e. The molecule has 3 heterocycles. The van der Waals surface area contributed by atoms with Gasteiger partial charge in [0.2, 0.25) is 6.79 Å². The number of amides is 2. The molecule has 10 heteroatoms. The summed E-state index contributed by atoms with van der Waals surface area (Å²) in [6, 6.07) is 22.2. The molecular formula is C33H26N4O6. The van der Waals surface area contributed by atoms with Crippen LogP contribution >= 0.6 is 0 Å². The lowest BCUT2D eigenvalue weighted by Crippen LogP contribution is -2.42. The Morgan fingerprint density at radius 2 is 1.72 bits per heavy atom. The highest BCUT2D eigenvalue weighted by atomic mass is 16.7. The number of para-hydroxylation sites is 1. The number of imide groups is 1. The van der Waals surface area contributed by atoms with Crippen molar-refractivity contribution in [1.29, 1.82) is 5.26 Å². The number of aromatic nitrogens is 2. The molecule has 0 atom stereocenters. The predicted octanol–water partition coefficient (Wildman–Crippen LogP) is 5.08. The van der Waals surface area contributed by atoms with Crippen LogP contribution in [-0.2, 0) is 16.1 Å². The van der Waals surface area contributed by atoms with E-state index in [9.17, 15) is 14.9 Å². The Bertz CT molecular complexity index is 1870. The first-order chi connectivity index (χ1) is 20.9. The third-order valence-corrected chi connectivity index (χ3v) is 7.32. The van der Waals surface area contributed by atoms with Crippen molar-refractivity contribution in [2.24, 2.45) is 0 Å². The van der Waals surface area contributed by atoms with Crippen molar-refractivity contribution in [2.45, 2.75) is 13.5 Å². The van der Waals surface area contributed by atoms with Gasteiger partial charge in [-0.2, -0.15) is 10.4 Å². The fraction of sp³-hybridized carbons (Fsp3) is 0.152. The average molecular weight is 575 g/mol. The Hall–Kier alpha value is -5.82. The molecule has 2 aliphatic rings. The lowest BCUT2D eigenvalue weighted by molar-refractivity contribution is -0.141. The molecule has 0 saturated carbocycles. The van der Waals surface area contributed by atoms with Gasteiger partial charge >= 0.3 is 0 Å². The molecular weight excluding hydrogens is 548 g/mol. The molecule has 214 valence electrons. The number of hydrogen-bond acceptors (Lipinski definition) is 8. The van der Waals surface area contributed by atoms with Crippen LogP contribution in [0.5, 0.6) is 23.0 Å². The average Bonchev–Trinajstić information content (AvgIpc) is 3.69. The molecule has 3 aromatic carbocycles. The Labute approximate surface area is 247 Å². The number of benzene rings is 3. The van der Waals surface area contributed by atoms with Crippen LogP contribution in [-0.4, -0.2) is 47.5 Å². The molecule has 4 aromatic rings. The summed E-state index contributed by atoms with van der Waals surface area (Å²) in [5, 5.41) is 14.8. The van der Waals surface area contributed by atoms with Crippen LogP contribution < -0.4 is 18.9 Å². The summed E-state index contributed by atoms with van der Waals surface area (Å²) in [6.45, 7) is 1.67. The van der Waals surface area contributed by atoms with Gasteiger partial charge in [-0.15, -0.1) is 0 Å². The maximum atomic E-state index is 13.9. The van der Waals surface area contributed by atoms with E-state index in [4.69, 9.17) is 24.0 Å². The van der Waals surface area contributed by atoms with Gasteiger partial charge in [-0.1, -0.05) is 24.3 Å². The second kappa shape index (κ2) is 11.2. The first kappa shape index (κ1) is 27.4. The Balaban J connectivity index is 1.47.